The summed E-state index contributed by atoms with van der Waals surface area (Å²) in [5.74, 6) is -0.425. The van der Waals surface area contributed by atoms with Crippen molar-refractivity contribution in [2.45, 2.75) is 20.5 Å². The van der Waals surface area contributed by atoms with Gasteiger partial charge in [0.2, 0.25) is 0 Å². The molecule has 0 fully saturated rings. The molecule has 2 aromatic heterocycles. The molecule has 2 heterocycles. The Balaban J connectivity index is 1.69. The highest BCUT2D eigenvalue weighted by Crippen LogP contribution is 2.19. The molecule has 0 aliphatic carbocycles. The zero-order valence-electron chi connectivity index (χ0n) is 14.5. The zero-order valence-corrected chi connectivity index (χ0v) is 15.3. The van der Waals surface area contributed by atoms with E-state index in [1.54, 1.807) is 24.4 Å². The normalized spacial score (nSPS) is 11.0. The van der Waals surface area contributed by atoms with E-state index >= 15 is 0 Å². The van der Waals surface area contributed by atoms with Gasteiger partial charge in [-0.25, -0.2) is 14.5 Å². The molecule has 0 aliphatic heterocycles. The van der Waals surface area contributed by atoms with Crippen LogP contribution in [0.25, 0.3) is 11.8 Å². The Morgan fingerprint density at radius 3 is 2.65 bits per heavy atom. The number of carbonyl (C=O) groups excluding carboxylic acids is 1. The molecule has 0 aliphatic rings. The van der Waals surface area contributed by atoms with Crippen molar-refractivity contribution in [1.82, 2.24) is 14.8 Å². The van der Waals surface area contributed by atoms with Crippen molar-refractivity contribution in [2.24, 2.45) is 0 Å². The molecular weight excluding hydrogens is 350 g/mol. The van der Waals surface area contributed by atoms with Crippen molar-refractivity contribution < 1.29 is 9.53 Å². The Hall–Kier alpha value is -2.92. The summed E-state index contributed by atoms with van der Waals surface area (Å²) < 4.78 is 7.09. The summed E-state index contributed by atoms with van der Waals surface area (Å²) in [5, 5.41) is 4.96. The Morgan fingerprint density at radius 1 is 1.19 bits per heavy atom. The van der Waals surface area contributed by atoms with Crippen LogP contribution >= 0.6 is 11.6 Å². The lowest BCUT2D eigenvalue weighted by Crippen LogP contribution is -2.01. The van der Waals surface area contributed by atoms with E-state index in [4.69, 9.17) is 16.3 Å². The Labute approximate surface area is 156 Å². The average molecular weight is 368 g/mol. The van der Waals surface area contributed by atoms with Crippen LogP contribution in [0.15, 0.2) is 54.7 Å². The second kappa shape index (κ2) is 7.97. The number of benzene rings is 1. The zero-order chi connectivity index (χ0) is 18.5. The number of carbonyl (C=O) groups is 1. The van der Waals surface area contributed by atoms with Crippen LogP contribution in [-0.4, -0.2) is 20.7 Å². The molecule has 0 spiro atoms. The number of pyridine rings is 1. The molecule has 0 saturated carbocycles. The SMILES string of the molecule is Cc1nn(-c2ccccc2)c(C)c1/C=C/C(=O)OCc1ccc(Cl)nc1. The number of ether oxygens (including phenoxy) is 1. The van der Waals surface area contributed by atoms with Crippen LogP contribution in [0.4, 0.5) is 0 Å². The van der Waals surface area contributed by atoms with Crippen molar-refractivity contribution in [2.75, 3.05) is 0 Å². The maximum absolute atomic E-state index is 12.0. The minimum absolute atomic E-state index is 0.147. The van der Waals surface area contributed by atoms with Crippen LogP contribution in [0.2, 0.25) is 5.15 Å². The number of halogens is 1. The standard InChI is InChI=1S/C20H18ClN3O2/c1-14-18(15(2)24(23-14)17-6-4-3-5-7-17)9-11-20(25)26-13-16-8-10-19(21)22-12-16/h3-12H,13H2,1-2H3/b11-9+. The topological polar surface area (TPSA) is 57.0 Å². The van der Waals surface area contributed by atoms with Crippen LogP contribution < -0.4 is 0 Å². The van der Waals surface area contributed by atoms with Gasteiger partial charge in [-0.3, -0.25) is 0 Å². The van der Waals surface area contributed by atoms with E-state index in [9.17, 15) is 4.79 Å². The molecule has 0 amide bonds. The van der Waals surface area contributed by atoms with Gasteiger partial charge < -0.3 is 4.74 Å². The van der Waals surface area contributed by atoms with Crippen LogP contribution in [0.5, 0.6) is 0 Å². The summed E-state index contributed by atoms with van der Waals surface area (Å²) in [6.07, 6.45) is 4.73. The molecule has 0 saturated heterocycles. The molecule has 26 heavy (non-hydrogen) atoms. The molecule has 0 unspecified atom stereocenters. The molecule has 3 aromatic rings. The van der Waals surface area contributed by atoms with E-state index in [0.717, 1.165) is 28.2 Å². The lowest BCUT2D eigenvalue weighted by atomic mass is 10.2. The summed E-state index contributed by atoms with van der Waals surface area (Å²) in [5.41, 5.74) is 4.46. The molecular formula is C20H18ClN3O2. The number of esters is 1. The molecule has 0 radical (unpaired) electrons. The van der Waals surface area contributed by atoms with Crippen molar-refractivity contribution in [1.29, 1.82) is 0 Å². The number of nitrogens with zero attached hydrogens (tertiary/aromatic N) is 3. The minimum atomic E-state index is -0.425. The molecule has 0 N–H and O–H groups in total. The van der Waals surface area contributed by atoms with Gasteiger partial charge in [-0.1, -0.05) is 35.9 Å². The maximum Gasteiger partial charge on any atom is 0.331 e. The number of hydrogen-bond acceptors (Lipinski definition) is 4. The van der Waals surface area contributed by atoms with Gasteiger partial charge in [0.15, 0.2) is 0 Å². The largest absolute Gasteiger partial charge is 0.458 e. The van der Waals surface area contributed by atoms with Crippen LogP contribution in [0.1, 0.15) is 22.5 Å². The number of rotatable bonds is 5. The number of aromatic nitrogens is 3. The van der Waals surface area contributed by atoms with Crippen LogP contribution in [0.3, 0.4) is 0 Å². The summed E-state index contributed by atoms with van der Waals surface area (Å²) in [4.78, 5) is 15.9. The lowest BCUT2D eigenvalue weighted by molar-refractivity contribution is -0.138. The molecule has 6 heteroatoms. The highest BCUT2D eigenvalue weighted by molar-refractivity contribution is 6.29. The van der Waals surface area contributed by atoms with Gasteiger partial charge in [-0.05, 0) is 38.1 Å². The highest BCUT2D eigenvalue weighted by atomic mass is 35.5. The second-order valence-corrected chi connectivity index (χ2v) is 6.15. The van der Waals surface area contributed by atoms with Crippen molar-refractivity contribution in [3.05, 3.63) is 82.4 Å². The predicted octanol–water partition coefficient (Wildman–Crippen LogP) is 4.29. The fourth-order valence-corrected chi connectivity index (χ4v) is 2.67. The number of hydrogen-bond donors (Lipinski definition) is 0. The Morgan fingerprint density at radius 2 is 1.96 bits per heavy atom. The first kappa shape index (κ1) is 17.9. The average Bonchev–Trinajstić information content (AvgIpc) is 2.94. The predicted molar refractivity (Wildman–Crippen MR) is 101 cm³/mol. The first-order chi connectivity index (χ1) is 12.5. The molecule has 132 valence electrons. The van der Waals surface area contributed by atoms with Crippen molar-refractivity contribution in [3.63, 3.8) is 0 Å². The third-order valence-corrected chi connectivity index (χ3v) is 4.13. The van der Waals surface area contributed by atoms with E-state index < -0.39 is 5.97 Å². The van der Waals surface area contributed by atoms with Crippen LogP contribution in [0, 0.1) is 13.8 Å². The summed E-state index contributed by atoms with van der Waals surface area (Å²) in [7, 11) is 0. The Kier molecular flexibility index (Phi) is 5.49. The fourth-order valence-electron chi connectivity index (χ4n) is 2.56. The van der Waals surface area contributed by atoms with Gasteiger partial charge in [0.25, 0.3) is 0 Å². The third kappa shape index (κ3) is 4.18. The molecule has 1 aromatic carbocycles. The van der Waals surface area contributed by atoms with E-state index in [1.807, 2.05) is 48.9 Å². The van der Waals surface area contributed by atoms with E-state index in [2.05, 4.69) is 10.1 Å². The van der Waals surface area contributed by atoms with Gasteiger partial charge in [0.1, 0.15) is 11.8 Å². The van der Waals surface area contributed by atoms with Crippen LogP contribution in [-0.2, 0) is 16.1 Å². The van der Waals surface area contributed by atoms with Gasteiger partial charge >= 0.3 is 5.97 Å². The number of para-hydroxylation sites is 1. The second-order valence-electron chi connectivity index (χ2n) is 5.76. The minimum Gasteiger partial charge on any atom is -0.458 e. The summed E-state index contributed by atoms with van der Waals surface area (Å²) >= 11 is 5.73. The van der Waals surface area contributed by atoms with E-state index in [0.29, 0.717) is 5.15 Å². The summed E-state index contributed by atoms with van der Waals surface area (Å²) in [6, 6.07) is 13.3. The lowest BCUT2D eigenvalue weighted by Gasteiger charge is -2.04. The van der Waals surface area contributed by atoms with Gasteiger partial charge in [-0.2, -0.15) is 5.10 Å². The third-order valence-electron chi connectivity index (χ3n) is 3.90. The van der Waals surface area contributed by atoms with E-state index in [1.165, 1.54) is 6.08 Å². The van der Waals surface area contributed by atoms with E-state index in [-0.39, 0.29) is 6.61 Å². The summed E-state index contributed by atoms with van der Waals surface area (Å²) in [6.45, 7) is 4.03. The number of aryl methyl sites for hydroxylation is 1. The molecule has 5 nitrogen and oxygen atoms in total. The van der Waals surface area contributed by atoms with Crippen molar-refractivity contribution in [3.8, 4) is 5.69 Å². The monoisotopic (exact) mass is 367 g/mol. The quantitative estimate of drug-likeness (QED) is 0.383. The first-order valence-corrected chi connectivity index (χ1v) is 8.49. The van der Waals surface area contributed by atoms with Gasteiger partial charge in [0.05, 0.1) is 11.4 Å². The van der Waals surface area contributed by atoms with Gasteiger partial charge in [-0.15, -0.1) is 0 Å². The highest BCUT2D eigenvalue weighted by Gasteiger charge is 2.11. The van der Waals surface area contributed by atoms with Crippen molar-refractivity contribution >= 4 is 23.6 Å². The fraction of sp³-hybridized carbons (Fsp3) is 0.150. The van der Waals surface area contributed by atoms with Gasteiger partial charge in [0, 0.05) is 29.1 Å². The molecule has 0 bridgehead atoms. The first-order valence-electron chi connectivity index (χ1n) is 8.11. The Bertz CT molecular complexity index is 932. The molecule has 3 rings (SSSR count). The smallest absolute Gasteiger partial charge is 0.331 e. The maximum atomic E-state index is 12.0. The molecule has 0 atom stereocenters.